The highest BCUT2D eigenvalue weighted by atomic mass is 32.2. The Bertz CT molecular complexity index is 1450. The van der Waals surface area contributed by atoms with Crippen LogP contribution in [-0.2, 0) is 23.1 Å². The van der Waals surface area contributed by atoms with Crippen molar-refractivity contribution in [3.05, 3.63) is 71.1 Å². The number of thioether (sulfide) groups is 1. The Kier molecular flexibility index (Phi) is 7.03. The number of aliphatic carboxylic acids is 1. The van der Waals surface area contributed by atoms with Crippen LogP contribution < -0.4 is 0 Å². The van der Waals surface area contributed by atoms with Crippen molar-refractivity contribution in [2.24, 2.45) is 0 Å². The minimum absolute atomic E-state index is 0.0536. The van der Waals surface area contributed by atoms with Gasteiger partial charge in [0.05, 0.1) is 18.1 Å². The molecule has 0 amide bonds. The Hall–Kier alpha value is -3.47. The maximum absolute atomic E-state index is 13.9. The van der Waals surface area contributed by atoms with Gasteiger partial charge < -0.3 is 9.67 Å². The van der Waals surface area contributed by atoms with Gasteiger partial charge in [0.2, 0.25) is 0 Å². The van der Waals surface area contributed by atoms with Crippen LogP contribution in [0, 0.1) is 12.7 Å². The molecular weight excluding hydrogens is 496 g/mol. The number of benzene rings is 1. The van der Waals surface area contributed by atoms with Gasteiger partial charge in [-0.3, -0.25) is 9.78 Å². The number of alkyl halides is 3. The number of hydrogen-bond donors (Lipinski definition) is 1. The Balaban J connectivity index is 1.70. The number of fused-ring (bicyclic) bond motifs is 1. The van der Waals surface area contributed by atoms with Crippen molar-refractivity contribution in [3.63, 3.8) is 0 Å². The Morgan fingerprint density at radius 2 is 1.89 bits per heavy atom. The van der Waals surface area contributed by atoms with E-state index >= 15 is 0 Å². The van der Waals surface area contributed by atoms with Gasteiger partial charge in [-0.1, -0.05) is 23.9 Å². The number of pyridine rings is 1. The zero-order valence-corrected chi connectivity index (χ0v) is 20.4. The average Bonchev–Trinajstić information content (AvgIpc) is 3.17. The number of carboxylic acid groups (broad SMARTS) is 1. The number of nitrogens with zero attached hydrogens (tertiary/aromatic N) is 4. The van der Waals surface area contributed by atoms with Gasteiger partial charge in [-0.15, -0.1) is 0 Å². The van der Waals surface area contributed by atoms with E-state index in [1.165, 1.54) is 30.1 Å². The minimum atomic E-state index is -4.54. The van der Waals surface area contributed by atoms with E-state index in [0.717, 1.165) is 11.6 Å². The van der Waals surface area contributed by atoms with E-state index in [-0.39, 0.29) is 11.6 Å². The predicted molar refractivity (Wildman–Crippen MR) is 128 cm³/mol. The first-order valence-electron chi connectivity index (χ1n) is 11.0. The lowest BCUT2D eigenvalue weighted by Crippen LogP contribution is -2.08. The fraction of sp³-hybridized carbons (Fsp3) is 0.280. The van der Waals surface area contributed by atoms with E-state index in [0.29, 0.717) is 38.7 Å². The van der Waals surface area contributed by atoms with Gasteiger partial charge in [0.25, 0.3) is 0 Å². The standard InChI is InChI=1S/C25H22F4N4O2S/c1-13(2)33-11-18(17-9-30-21(6-14(17)3)25(27,28)29)23-20(33)10-31-24(32-23)36-12-15-4-5-19(26)16(7-15)8-22(34)35/h4-7,9-11,13H,8,12H2,1-3H3,(H,34,35). The molecule has 6 nitrogen and oxygen atoms in total. The minimum Gasteiger partial charge on any atom is -0.481 e. The number of halogens is 4. The quantitative estimate of drug-likeness (QED) is 0.172. The average molecular weight is 519 g/mol. The lowest BCUT2D eigenvalue weighted by atomic mass is 10.0. The molecule has 0 atom stereocenters. The van der Waals surface area contributed by atoms with Gasteiger partial charge in [0.1, 0.15) is 17.0 Å². The zero-order valence-electron chi connectivity index (χ0n) is 19.6. The second-order valence-corrected chi connectivity index (χ2v) is 9.54. The molecule has 0 saturated heterocycles. The third-order valence-electron chi connectivity index (χ3n) is 5.62. The van der Waals surface area contributed by atoms with Crippen molar-refractivity contribution in [2.75, 3.05) is 0 Å². The van der Waals surface area contributed by atoms with Crippen molar-refractivity contribution in [2.45, 2.75) is 50.3 Å². The molecule has 0 saturated carbocycles. The number of carboxylic acids is 1. The molecular formula is C25H22F4N4O2S. The summed E-state index contributed by atoms with van der Waals surface area (Å²) in [6.07, 6.45) is -0.226. The Morgan fingerprint density at radius 1 is 1.14 bits per heavy atom. The molecule has 0 aliphatic heterocycles. The first-order valence-corrected chi connectivity index (χ1v) is 12.0. The summed E-state index contributed by atoms with van der Waals surface area (Å²) in [5, 5.41) is 9.40. The molecule has 36 heavy (non-hydrogen) atoms. The van der Waals surface area contributed by atoms with Crippen molar-refractivity contribution in [1.29, 1.82) is 0 Å². The van der Waals surface area contributed by atoms with Crippen LogP contribution in [0.4, 0.5) is 17.6 Å². The van der Waals surface area contributed by atoms with Crippen LogP contribution >= 0.6 is 11.8 Å². The fourth-order valence-electron chi connectivity index (χ4n) is 3.87. The van der Waals surface area contributed by atoms with Crippen LogP contribution in [0.2, 0.25) is 0 Å². The SMILES string of the molecule is Cc1cc(C(F)(F)F)ncc1-c1cn(C(C)C)c2cnc(SCc3ccc(F)c(CC(=O)O)c3)nc12. The van der Waals surface area contributed by atoms with Gasteiger partial charge in [-0.05, 0) is 49.6 Å². The molecule has 188 valence electrons. The van der Waals surface area contributed by atoms with Gasteiger partial charge in [-0.2, -0.15) is 13.2 Å². The lowest BCUT2D eigenvalue weighted by Gasteiger charge is -2.10. The summed E-state index contributed by atoms with van der Waals surface area (Å²) in [6.45, 7) is 5.56. The Morgan fingerprint density at radius 3 is 2.53 bits per heavy atom. The topological polar surface area (TPSA) is 80.9 Å². The maximum atomic E-state index is 13.9. The van der Waals surface area contributed by atoms with Crippen molar-refractivity contribution < 1.29 is 27.5 Å². The molecule has 1 aromatic carbocycles. The molecule has 0 spiro atoms. The lowest BCUT2D eigenvalue weighted by molar-refractivity contribution is -0.141. The predicted octanol–water partition coefficient (Wildman–Crippen LogP) is 6.46. The van der Waals surface area contributed by atoms with Gasteiger partial charge >= 0.3 is 12.1 Å². The van der Waals surface area contributed by atoms with E-state index in [2.05, 4.69) is 15.0 Å². The molecule has 0 aliphatic rings. The smallest absolute Gasteiger partial charge is 0.433 e. The number of rotatable bonds is 7. The molecule has 0 radical (unpaired) electrons. The number of aryl methyl sites for hydroxylation is 1. The van der Waals surface area contributed by atoms with Gasteiger partial charge in [0.15, 0.2) is 5.16 Å². The van der Waals surface area contributed by atoms with Crippen LogP contribution in [0.15, 0.2) is 48.0 Å². The molecule has 1 N–H and O–H groups in total. The summed E-state index contributed by atoms with van der Waals surface area (Å²) in [4.78, 5) is 23.7. The summed E-state index contributed by atoms with van der Waals surface area (Å²) in [5.41, 5.74) is 2.77. The molecule has 3 aromatic heterocycles. The number of aromatic nitrogens is 4. The van der Waals surface area contributed by atoms with Crippen LogP contribution in [0.1, 0.15) is 42.3 Å². The highest BCUT2D eigenvalue weighted by molar-refractivity contribution is 7.98. The van der Waals surface area contributed by atoms with E-state index in [4.69, 9.17) is 5.11 Å². The molecule has 0 fully saturated rings. The third kappa shape index (κ3) is 5.35. The van der Waals surface area contributed by atoms with Crippen LogP contribution in [0.25, 0.3) is 22.2 Å². The number of carbonyl (C=O) groups is 1. The second kappa shape index (κ2) is 9.88. The maximum Gasteiger partial charge on any atom is 0.433 e. The van der Waals surface area contributed by atoms with E-state index in [9.17, 15) is 22.4 Å². The highest BCUT2D eigenvalue weighted by Crippen LogP contribution is 2.36. The third-order valence-corrected chi connectivity index (χ3v) is 6.55. The first kappa shape index (κ1) is 25.6. The summed E-state index contributed by atoms with van der Waals surface area (Å²) in [6, 6.07) is 5.39. The monoisotopic (exact) mass is 518 g/mol. The van der Waals surface area contributed by atoms with Crippen LogP contribution in [0.3, 0.4) is 0 Å². The highest BCUT2D eigenvalue weighted by Gasteiger charge is 2.33. The van der Waals surface area contributed by atoms with Gasteiger partial charge in [0, 0.05) is 35.3 Å². The van der Waals surface area contributed by atoms with Crippen LogP contribution in [-0.4, -0.2) is 30.6 Å². The normalized spacial score (nSPS) is 12.0. The van der Waals surface area contributed by atoms with E-state index in [1.54, 1.807) is 19.2 Å². The molecule has 3 heterocycles. The molecule has 4 aromatic rings. The molecule has 0 aliphatic carbocycles. The molecule has 0 bridgehead atoms. The Labute approximate surface area is 208 Å². The summed E-state index contributed by atoms with van der Waals surface area (Å²) < 4.78 is 55.2. The van der Waals surface area contributed by atoms with E-state index < -0.39 is 30.1 Å². The van der Waals surface area contributed by atoms with Gasteiger partial charge in [-0.25, -0.2) is 14.4 Å². The van der Waals surface area contributed by atoms with Crippen molar-refractivity contribution >= 4 is 28.8 Å². The largest absolute Gasteiger partial charge is 0.481 e. The summed E-state index contributed by atoms with van der Waals surface area (Å²) in [5.74, 6) is -1.33. The van der Waals surface area contributed by atoms with E-state index in [1.807, 2.05) is 24.6 Å². The van der Waals surface area contributed by atoms with Crippen molar-refractivity contribution in [3.8, 4) is 11.1 Å². The zero-order chi connectivity index (χ0) is 26.2. The molecule has 0 unspecified atom stereocenters. The summed E-state index contributed by atoms with van der Waals surface area (Å²) in [7, 11) is 0. The fourth-order valence-corrected chi connectivity index (χ4v) is 4.63. The number of hydrogen-bond acceptors (Lipinski definition) is 5. The first-order chi connectivity index (χ1) is 16.9. The van der Waals surface area contributed by atoms with Crippen molar-refractivity contribution in [1.82, 2.24) is 19.5 Å². The molecule has 11 heteroatoms. The van der Waals surface area contributed by atoms with Crippen LogP contribution in [0.5, 0.6) is 0 Å². The second-order valence-electron chi connectivity index (χ2n) is 8.60. The molecule has 4 rings (SSSR count). The summed E-state index contributed by atoms with van der Waals surface area (Å²) >= 11 is 1.29.